The molecule has 0 amide bonds. The first-order valence-electron chi connectivity index (χ1n) is 7.07. The number of aryl methyl sites for hydroxylation is 1. The smallest absolute Gasteiger partial charge is 0.303 e. The monoisotopic (exact) mass is 322 g/mol. The first kappa shape index (κ1) is 16.5. The predicted octanol–water partition coefficient (Wildman–Crippen LogP) is 2.34. The highest BCUT2D eigenvalue weighted by molar-refractivity contribution is 6.30. The zero-order valence-corrected chi connectivity index (χ0v) is 13.2. The van der Waals surface area contributed by atoms with Crippen LogP contribution < -0.4 is 0 Å². The molecule has 0 aliphatic carbocycles. The van der Waals surface area contributed by atoms with Crippen LogP contribution in [0.4, 0.5) is 0 Å². The van der Waals surface area contributed by atoms with E-state index in [4.69, 9.17) is 16.7 Å². The maximum atomic E-state index is 10.7. The van der Waals surface area contributed by atoms with Crippen LogP contribution in [0.15, 0.2) is 30.5 Å². The fraction of sp³-hybridized carbons (Fsp3) is 0.400. The Balaban J connectivity index is 1.99. The van der Waals surface area contributed by atoms with Crippen LogP contribution in [0.3, 0.4) is 0 Å². The van der Waals surface area contributed by atoms with Crippen LogP contribution in [0.1, 0.15) is 24.1 Å². The summed E-state index contributed by atoms with van der Waals surface area (Å²) in [4.78, 5) is 12.8. The molecule has 6 nitrogen and oxygen atoms in total. The van der Waals surface area contributed by atoms with E-state index in [1.807, 2.05) is 37.5 Å². The average Bonchev–Trinajstić information content (AvgIpc) is 2.86. The zero-order valence-electron chi connectivity index (χ0n) is 12.4. The lowest BCUT2D eigenvalue weighted by molar-refractivity contribution is -0.137. The molecule has 1 heterocycles. The quantitative estimate of drug-likeness (QED) is 0.807. The topological polar surface area (TPSA) is 71.2 Å². The number of nitrogens with zero attached hydrogens (tertiary/aromatic N) is 4. The summed E-state index contributed by atoms with van der Waals surface area (Å²) in [5.74, 6) is -0.772. The van der Waals surface area contributed by atoms with Crippen molar-refractivity contribution >= 4 is 17.6 Å². The number of rotatable bonds is 8. The lowest BCUT2D eigenvalue weighted by Crippen LogP contribution is -2.24. The molecule has 0 saturated heterocycles. The van der Waals surface area contributed by atoms with Gasteiger partial charge in [-0.15, -0.1) is 5.10 Å². The van der Waals surface area contributed by atoms with Gasteiger partial charge in [-0.25, -0.2) is 0 Å². The van der Waals surface area contributed by atoms with E-state index in [0.29, 0.717) is 31.1 Å². The molecule has 2 rings (SSSR count). The van der Waals surface area contributed by atoms with E-state index in [9.17, 15) is 4.79 Å². The zero-order chi connectivity index (χ0) is 15.9. The Morgan fingerprint density at radius 2 is 2.05 bits per heavy atom. The summed E-state index contributed by atoms with van der Waals surface area (Å²) in [7, 11) is 1.82. The van der Waals surface area contributed by atoms with Crippen molar-refractivity contribution in [3.8, 4) is 0 Å². The maximum absolute atomic E-state index is 10.7. The highest BCUT2D eigenvalue weighted by Gasteiger charge is 2.10. The van der Waals surface area contributed by atoms with Gasteiger partial charge >= 0.3 is 5.97 Å². The molecule has 2 aromatic rings. The Morgan fingerprint density at radius 3 is 2.64 bits per heavy atom. The molecule has 0 spiro atoms. The predicted molar refractivity (Wildman–Crippen MR) is 83.4 cm³/mol. The van der Waals surface area contributed by atoms with Gasteiger partial charge in [-0.1, -0.05) is 28.9 Å². The minimum absolute atomic E-state index is 0.164. The molecule has 7 heteroatoms. The molecule has 0 radical (unpaired) electrons. The van der Waals surface area contributed by atoms with Crippen molar-refractivity contribution in [2.45, 2.75) is 25.9 Å². The van der Waals surface area contributed by atoms with E-state index < -0.39 is 5.97 Å². The molecule has 0 unspecified atom stereocenters. The molecule has 1 aromatic heterocycles. The average molecular weight is 323 g/mol. The first-order valence-corrected chi connectivity index (χ1v) is 7.44. The van der Waals surface area contributed by atoms with Gasteiger partial charge in [0, 0.05) is 37.8 Å². The maximum Gasteiger partial charge on any atom is 0.303 e. The fourth-order valence-corrected chi connectivity index (χ4v) is 2.34. The van der Waals surface area contributed by atoms with Crippen LogP contribution in [0.5, 0.6) is 0 Å². The lowest BCUT2D eigenvalue weighted by atomic mass is 10.2. The molecule has 0 bridgehead atoms. The minimum Gasteiger partial charge on any atom is -0.481 e. The molecule has 22 heavy (non-hydrogen) atoms. The molecular formula is C15H19ClN4O2. The van der Waals surface area contributed by atoms with E-state index in [1.54, 1.807) is 4.68 Å². The third-order valence-electron chi connectivity index (χ3n) is 3.22. The SMILES string of the molecule is Cn1cc(CN(CCCC(=O)O)Cc2ccc(Cl)cc2)nn1. The summed E-state index contributed by atoms with van der Waals surface area (Å²) in [6, 6.07) is 7.66. The van der Waals surface area contributed by atoms with E-state index >= 15 is 0 Å². The standard InChI is InChI=1S/C15H19ClN4O2/c1-19-10-14(17-18-19)11-20(8-2-3-15(21)22)9-12-4-6-13(16)7-5-12/h4-7,10H,2-3,8-9,11H2,1H3,(H,21,22). The molecule has 1 aromatic carbocycles. The second-order valence-electron chi connectivity index (χ2n) is 5.22. The molecule has 1 N–H and O–H groups in total. The van der Waals surface area contributed by atoms with Gasteiger partial charge < -0.3 is 5.11 Å². The molecular weight excluding hydrogens is 304 g/mol. The third kappa shape index (κ3) is 5.46. The summed E-state index contributed by atoms with van der Waals surface area (Å²) < 4.78 is 1.66. The van der Waals surface area contributed by atoms with Crippen molar-refractivity contribution in [2.24, 2.45) is 7.05 Å². The van der Waals surface area contributed by atoms with Crippen molar-refractivity contribution in [1.82, 2.24) is 19.9 Å². The summed E-state index contributed by atoms with van der Waals surface area (Å²) in [6.45, 7) is 2.04. The third-order valence-corrected chi connectivity index (χ3v) is 3.47. The van der Waals surface area contributed by atoms with Crippen molar-refractivity contribution in [3.63, 3.8) is 0 Å². The van der Waals surface area contributed by atoms with Crippen LogP contribution >= 0.6 is 11.6 Å². The Bertz CT molecular complexity index is 612. The number of carboxylic acid groups (broad SMARTS) is 1. The highest BCUT2D eigenvalue weighted by Crippen LogP contribution is 2.13. The van der Waals surface area contributed by atoms with Crippen LogP contribution in [0, 0.1) is 0 Å². The second-order valence-corrected chi connectivity index (χ2v) is 5.65. The molecule has 0 aliphatic rings. The number of hydrogen-bond donors (Lipinski definition) is 1. The Hall–Kier alpha value is -1.92. The van der Waals surface area contributed by atoms with Gasteiger partial charge in [0.15, 0.2) is 0 Å². The van der Waals surface area contributed by atoms with Crippen molar-refractivity contribution in [3.05, 3.63) is 46.7 Å². The van der Waals surface area contributed by atoms with Gasteiger partial charge in [0.05, 0.1) is 5.69 Å². The number of benzene rings is 1. The van der Waals surface area contributed by atoms with Gasteiger partial charge in [0.25, 0.3) is 0 Å². The fourth-order valence-electron chi connectivity index (χ4n) is 2.21. The van der Waals surface area contributed by atoms with Crippen molar-refractivity contribution in [2.75, 3.05) is 6.54 Å². The first-order chi connectivity index (χ1) is 10.5. The van der Waals surface area contributed by atoms with Crippen LogP contribution in [-0.2, 0) is 24.9 Å². The van der Waals surface area contributed by atoms with Crippen LogP contribution in [-0.4, -0.2) is 37.5 Å². The van der Waals surface area contributed by atoms with Crippen LogP contribution in [0.25, 0.3) is 0 Å². The molecule has 0 atom stereocenters. The number of carboxylic acids is 1. The Morgan fingerprint density at radius 1 is 1.32 bits per heavy atom. The minimum atomic E-state index is -0.772. The lowest BCUT2D eigenvalue weighted by Gasteiger charge is -2.21. The largest absolute Gasteiger partial charge is 0.481 e. The number of hydrogen-bond acceptors (Lipinski definition) is 4. The Labute approximate surface area is 134 Å². The van der Waals surface area contributed by atoms with Gasteiger partial charge in [0.1, 0.15) is 0 Å². The molecule has 0 fully saturated rings. The van der Waals surface area contributed by atoms with E-state index in [1.165, 1.54) is 0 Å². The number of aromatic nitrogens is 3. The van der Waals surface area contributed by atoms with Crippen molar-refractivity contribution < 1.29 is 9.90 Å². The van der Waals surface area contributed by atoms with E-state index in [2.05, 4.69) is 15.2 Å². The molecule has 0 saturated carbocycles. The number of halogens is 1. The van der Waals surface area contributed by atoms with E-state index in [-0.39, 0.29) is 6.42 Å². The molecule has 118 valence electrons. The summed E-state index contributed by atoms with van der Waals surface area (Å²) >= 11 is 5.90. The number of carbonyl (C=O) groups is 1. The van der Waals surface area contributed by atoms with Gasteiger partial charge in [0.2, 0.25) is 0 Å². The van der Waals surface area contributed by atoms with E-state index in [0.717, 1.165) is 11.3 Å². The number of aliphatic carboxylic acids is 1. The van der Waals surface area contributed by atoms with Gasteiger partial charge in [-0.05, 0) is 30.7 Å². The summed E-state index contributed by atoms with van der Waals surface area (Å²) in [5, 5.41) is 17.5. The van der Waals surface area contributed by atoms with Crippen molar-refractivity contribution in [1.29, 1.82) is 0 Å². The second kappa shape index (κ2) is 7.91. The molecule has 0 aliphatic heterocycles. The highest BCUT2D eigenvalue weighted by atomic mass is 35.5. The summed E-state index contributed by atoms with van der Waals surface area (Å²) in [5.41, 5.74) is 2.00. The van der Waals surface area contributed by atoms with Crippen LogP contribution in [0.2, 0.25) is 5.02 Å². The van der Waals surface area contributed by atoms with Gasteiger partial charge in [-0.3, -0.25) is 14.4 Å². The van der Waals surface area contributed by atoms with Gasteiger partial charge in [-0.2, -0.15) is 0 Å². The normalized spacial score (nSPS) is 11.0. The summed E-state index contributed by atoms with van der Waals surface area (Å²) in [6.07, 6.45) is 2.63. The Kier molecular flexibility index (Phi) is 5.91.